The van der Waals surface area contributed by atoms with Gasteiger partial charge in [-0.15, -0.1) is 0 Å². The van der Waals surface area contributed by atoms with Gasteiger partial charge in [-0.2, -0.15) is 0 Å². The van der Waals surface area contributed by atoms with E-state index in [0.717, 1.165) is 0 Å². The molecule has 2 nitrogen and oxygen atoms in total. The van der Waals surface area contributed by atoms with E-state index in [9.17, 15) is 13.2 Å². The van der Waals surface area contributed by atoms with Crippen LogP contribution in [-0.4, -0.2) is 17.8 Å². The Labute approximate surface area is 90.7 Å². The maximum absolute atomic E-state index is 13.1. The van der Waals surface area contributed by atoms with Crippen molar-refractivity contribution in [2.75, 3.05) is 6.61 Å². The first kappa shape index (κ1) is 11.3. The molecule has 0 amide bonds. The van der Waals surface area contributed by atoms with Gasteiger partial charge in [0.25, 0.3) is 0 Å². The van der Waals surface area contributed by atoms with Gasteiger partial charge in [-0.3, -0.25) is 0 Å². The van der Waals surface area contributed by atoms with Crippen molar-refractivity contribution in [1.29, 1.82) is 0 Å². The molecule has 5 heteroatoms. The van der Waals surface area contributed by atoms with Crippen LogP contribution < -0.4 is 4.74 Å². The zero-order valence-electron chi connectivity index (χ0n) is 8.42. The molecule has 1 aliphatic rings. The Balaban J connectivity index is 1.98. The lowest BCUT2D eigenvalue weighted by Gasteiger charge is -2.31. The predicted molar refractivity (Wildman–Crippen MR) is 50.5 cm³/mol. The predicted octanol–water partition coefficient (Wildman–Crippen LogP) is 2.25. The molecule has 0 unspecified atom stereocenters. The normalized spacial score (nSPS) is 24.0. The van der Waals surface area contributed by atoms with E-state index in [-0.39, 0.29) is 18.6 Å². The number of aliphatic hydroxyl groups excluding tert-OH is 1. The molecule has 1 aliphatic carbocycles. The molecule has 0 spiro atoms. The standard InChI is InChI=1S/C11H11F3O2/c12-7-3-9(13)11(10(14)4-7)16-5-6-1-8(15)2-6/h3-4,6,8,15H,1-2,5H2/t6-,8+. The van der Waals surface area contributed by atoms with E-state index >= 15 is 0 Å². The highest BCUT2D eigenvalue weighted by atomic mass is 19.1. The second-order valence-electron chi connectivity index (χ2n) is 4.00. The molecule has 1 aromatic carbocycles. The van der Waals surface area contributed by atoms with E-state index in [1.165, 1.54) is 0 Å². The van der Waals surface area contributed by atoms with Crippen molar-refractivity contribution in [3.63, 3.8) is 0 Å². The summed E-state index contributed by atoms with van der Waals surface area (Å²) in [6, 6.07) is 1.15. The largest absolute Gasteiger partial charge is 0.487 e. The van der Waals surface area contributed by atoms with Crippen LogP contribution in [0.4, 0.5) is 13.2 Å². The summed E-state index contributed by atoms with van der Waals surface area (Å²) in [6.07, 6.45) is 0.811. The van der Waals surface area contributed by atoms with Crippen molar-refractivity contribution in [3.8, 4) is 5.75 Å². The molecule has 0 saturated heterocycles. The molecule has 1 saturated carbocycles. The molecule has 0 atom stereocenters. The summed E-state index contributed by atoms with van der Waals surface area (Å²) in [6.45, 7) is 0.135. The number of halogens is 3. The van der Waals surface area contributed by atoms with Gasteiger partial charge in [0.1, 0.15) is 5.82 Å². The number of rotatable bonds is 3. The third-order valence-corrected chi connectivity index (χ3v) is 2.64. The topological polar surface area (TPSA) is 29.5 Å². The van der Waals surface area contributed by atoms with Gasteiger partial charge in [0.05, 0.1) is 12.7 Å². The van der Waals surface area contributed by atoms with E-state index in [0.29, 0.717) is 25.0 Å². The van der Waals surface area contributed by atoms with E-state index in [2.05, 4.69) is 0 Å². The molecule has 1 N–H and O–H groups in total. The van der Waals surface area contributed by atoms with Crippen molar-refractivity contribution in [2.45, 2.75) is 18.9 Å². The maximum atomic E-state index is 13.1. The van der Waals surface area contributed by atoms with Crippen LogP contribution in [0.2, 0.25) is 0 Å². The SMILES string of the molecule is O[C@H]1C[C@@H](COc2c(F)cc(F)cc2F)C1. The summed E-state index contributed by atoms with van der Waals surface area (Å²) in [5.41, 5.74) is 0. The summed E-state index contributed by atoms with van der Waals surface area (Å²) >= 11 is 0. The minimum atomic E-state index is -1.04. The minimum Gasteiger partial charge on any atom is -0.487 e. The van der Waals surface area contributed by atoms with E-state index in [1.807, 2.05) is 0 Å². The molecule has 0 bridgehead atoms. The van der Waals surface area contributed by atoms with Crippen LogP contribution in [0.3, 0.4) is 0 Å². The number of benzene rings is 1. The van der Waals surface area contributed by atoms with Crippen LogP contribution in [0.1, 0.15) is 12.8 Å². The number of hydrogen-bond donors (Lipinski definition) is 1. The molecule has 16 heavy (non-hydrogen) atoms. The van der Waals surface area contributed by atoms with E-state index < -0.39 is 23.2 Å². The fourth-order valence-electron chi connectivity index (χ4n) is 1.70. The Morgan fingerprint density at radius 3 is 2.25 bits per heavy atom. The second-order valence-corrected chi connectivity index (χ2v) is 4.00. The third-order valence-electron chi connectivity index (χ3n) is 2.64. The molecular formula is C11H11F3O2. The van der Waals surface area contributed by atoms with Gasteiger partial charge in [0.15, 0.2) is 17.4 Å². The van der Waals surface area contributed by atoms with Crippen molar-refractivity contribution < 1.29 is 23.0 Å². The van der Waals surface area contributed by atoms with Crippen LogP contribution in [0, 0.1) is 23.4 Å². The van der Waals surface area contributed by atoms with E-state index in [1.54, 1.807) is 0 Å². The molecule has 1 fully saturated rings. The zero-order chi connectivity index (χ0) is 11.7. The van der Waals surface area contributed by atoms with Crippen molar-refractivity contribution in [1.82, 2.24) is 0 Å². The van der Waals surface area contributed by atoms with Crippen LogP contribution in [0.15, 0.2) is 12.1 Å². The minimum absolute atomic E-state index is 0.110. The summed E-state index contributed by atoms with van der Waals surface area (Å²) in [5.74, 6) is -3.50. The number of ether oxygens (including phenoxy) is 1. The van der Waals surface area contributed by atoms with Gasteiger partial charge < -0.3 is 9.84 Å². The van der Waals surface area contributed by atoms with Crippen LogP contribution in [-0.2, 0) is 0 Å². The van der Waals surface area contributed by atoms with Gasteiger partial charge in [-0.1, -0.05) is 0 Å². The number of aliphatic hydroxyl groups is 1. The molecule has 0 aliphatic heterocycles. The molecule has 0 aromatic heterocycles. The number of hydrogen-bond acceptors (Lipinski definition) is 2. The fraction of sp³-hybridized carbons (Fsp3) is 0.455. The highest BCUT2D eigenvalue weighted by Crippen LogP contribution is 2.29. The van der Waals surface area contributed by atoms with Gasteiger partial charge in [-0.25, -0.2) is 13.2 Å². The Kier molecular flexibility index (Phi) is 3.05. The lowest BCUT2D eigenvalue weighted by atomic mass is 9.83. The Bertz CT molecular complexity index is 366. The van der Waals surface area contributed by atoms with Crippen molar-refractivity contribution in [3.05, 3.63) is 29.6 Å². The lowest BCUT2D eigenvalue weighted by Crippen LogP contribution is -2.32. The molecule has 88 valence electrons. The monoisotopic (exact) mass is 232 g/mol. The summed E-state index contributed by atoms with van der Waals surface area (Å²) < 4.78 is 43.7. The summed E-state index contributed by atoms with van der Waals surface area (Å²) in [7, 11) is 0. The van der Waals surface area contributed by atoms with Crippen LogP contribution in [0.25, 0.3) is 0 Å². The highest BCUT2D eigenvalue weighted by Gasteiger charge is 2.28. The van der Waals surface area contributed by atoms with Crippen LogP contribution >= 0.6 is 0 Å². The third kappa shape index (κ3) is 2.29. The average molecular weight is 232 g/mol. The van der Waals surface area contributed by atoms with E-state index in [4.69, 9.17) is 9.84 Å². The quantitative estimate of drug-likeness (QED) is 0.866. The first-order valence-electron chi connectivity index (χ1n) is 5.01. The smallest absolute Gasteiger partial charge is 0.190 e. The van der Waals surface area contributed by atoms with Crippen LogP contribution in [0.5, 0.6) is 5.75 Å². The summed E-state index contributed by atoms with van der Waals surface area (Å²) in [5, 5.41) is 9.01. The van der Waals surface area contributed by atoms with Gasteiger partial charge in [0, 0.05) is 12.1 Å². The second kappa shape index (κ2) is 4.33. The molecule has 1 aromatic rings. The first-order valence-corrected chi connectivity index (χ1v) is 5.01. The molecule has 0 heterocycles. The Morgan fingerprint density at radius 1 is 1.19 bits per heavy atom. The van der Waals surface area contributed by atoms with Gasteiger partial charge >= 0.3 is 0 Å². The zero-order valence-corrected chi connectivity index (χ0v) is 8.42. The fourth-order valence-corrected chi connectivity index (χ4v) is 1.70. The highest BCUT2D eigenvalue weighted by molar-refractivity contribution is 5.27. The Morgan fingerprint density at radius 2 is 1.75 bits per heavy atom. The molecule has 2 rings (SSSR count). The average Bonchev–Trinajstić information content (AvgIpc) is 2.12. The first-order chi connectivity index (χ1) is 7.56. The Hall–Kier alpha value is -1.23. The maximum Gasteiger partial charge on any atom is 0.190 e. The van der Waals surface area contributed by atoms with Gasteiger partial charge in [-0.05, 0) is 18.8 Å². The lowest BCUT2D eigenvalue weighted by molar-refractivity contribution is 0.0189. The summed E-state index contributed by atoms with van der Waals surface area (Å²) in [4.78, 5) is 0. The van der Waals surface area contributed by atoms with Crippen molar-refractivity contribution in [2.24, 2.45) is 5.92 Å². The van der Waals surface area contributed by atoms with Gasteiger partial charge in [0.2, 0.25) is 0 Å². The molecular weight excluding hydrogens is 221 g/mol. The molecule has 0 radical (unpaired) electrons. The van der Waals surface area contributed by atoms with Crippen molar-refractivity contribution >= 4 is 0 Å².